The average Bonchev–Trinajstić information content (AvgIpc) is 3.01. The van der Waals surface area contributed by atoms with Crippen LogP contribution in [0.5, 0.6) is 0 Å². The Morgan fingerprint density at radius 1 is 0.342 bits per heavy atom. The number of nitrogens with zero attached hydrogens (tertiary/aromatic N) is 4. The van der Waals surface area contributed by atoms with Gasteiger partial charge in [0.1, 0.15) is 0 Å². The highest BCUT2D eigenvalue weighted by Crippen LogP contribution is 2.32. The molecule has 4 heteroatoms. The molecule has 0 fully saturated rings. The van der Waals surface area contributed by atoms with Gasteiger partial charge in [0.15, 0.2) is 17.5 Å². The van der Waals surface area contributed by atoms with Gasteiger partial charge in [0.2, 0.25) is 0 Å². The second-order valence-electron chi connectivity index (χ2n) is 9.17. The SMILES string of the molecule is c1ccc2c(-c3nc(-c4ccc(-c5ccncc5)cc4)nc(-c4cccc5ccccc45)n3)cccc2c1. The Labute approximate surface area is 220 Å². The molecule has 0 aliphatic rings. The van der Waals surface area contributed by atoms with E-state index in [2.05, 4.69) is 114 Å². The highest BCUT2D eigenvalue weighted by molar-refractivity contribution is 5.97. The Morgan fingerprint density at radius 2 is 0.789 bits per heavy atom. The van der Waals surface area contributed by atoms with E-state index in [1.54, 1.807) is 0 Å². The van der Waals surface area contributed by atoms with Crippen LogP contribution in [0.25, 0.3) is 66.8 Å². The van der Waals surface area contributed by atoms with Gasteiger partial charge in [-0.05, 0) is 44.8 Å². The van der Waals surface area contributed by atoms with Gasteiger partial charge in [-0.2, -0.15) is 0 Å². The summed E-state index contributed by atoms with van der Waals surface area (Å²) in [6.07, 6.45) is 3.62. The third-order valence-corrected chi connectivity index (χ3v) is 6.85. The number of benzene rings is 5. The highest BCUT2D eigenvalue weighted by atomic mass is 15.0. The van der Waals surface area contributed by atoms with Crippen molar-refractivity contribution in [1.82, 2.24) is 19.9 Å². The Kier molecular flexibility index (Phi) is 5.41. The molecule has 0 atom stereocenters. The van der Waals surface area contributed by atoms with Crippen molar-refractivity contribution in [2.75, 3.05) is 0 Å². The molecule has 7 rings (SSSR count). The summed E-state index contributed by atoms with van der Waals surface area (Å²) in [5.74, 6) is 1.97. The molecule has 5 aromatic carbocycles. The lowest BCUT2D eigenvalue weighted by atomic mass is 10.0. The second-order valence-corrected chi connectivity index (χ2v) is 9.17. The van der Waals surface area contributed by atoms with Crippen LogP contribution in [0.3, 0.4) is 0 Å². The minimum atomic E-state index is 0.646. The molecule has 0 saturated heterocycles. The van der Waals surface area contributed by atoms with Gasteiger partial charge in [-0.3, -0.25) is 4.98 Å². The number of hydrogen-bond donors (Lipinski definition) is 0. The molecule has 0 unspecified atom stereocenters. The Balaban J connectivity index is 1.44. The van der Waals surface area contributed by atoms with Crippen molar-refractivity contribution in [3.8, 4) is 45.3 Å². The van der Waals surface area contributed by atoms with E-state index in [4.69, 9.17) is 15.0 Å². The Bertz CT molecular complexity index is 1800. The molecule has 0 spiro atoms. The Morgan fingerprint density at radius 3 is 1.37 bits per heavy atom. The van der Waals surface area contributed by atoms with Crippen LogP contribution in [-0.2, 0) is 0 Å². The van der Waals surface area contributed by atoms with E-state index in [-0.39, 0.29) is 0 Å². The van der Waals surface area contributed by atoms with Crippen molar-refractivity contribution in [1.29, 1.82) is 0 Å². The topological polar surface area (TPSA) is 51.6 Å². The number of hydrogen-bond acceptors (Lipinski definition) is 4. The van der Waals surface area contributed by atoms with E-state index >= 15 is 0 Å². The van der Waals surface area contributed by atoms with E-state index in [0.29, 0.717) is 17.5 Å². The summed E-state index contributed by atoms with van der Waals surface area (Å²) in [6.45, 7) is 0. The predicted molar refractivity (Wildman–Crippen MR) is 154 cm³/mol. The van der Waals surface area contributed by atoms with Crippen molar-refractivity contribution in [3.05, 3.63) is 134 Å². The zero-order valence-corrected chi connectivity index (χ0v) is 20.5. The lowest BCUT2D eigenvalue weighted by Gasteiger charge is -2.12. The number of fused-ring (bicyclic) bond motifs is 2. The number of rotatable bonds is 4. The first-order valence-electron chi connectivity index (χ1n) is 12.6. The van der Waals surface area contributed by atoms with Gasteiger partial charge in [-0.25, -0.2) is 15.0 Å². The molecule has 0 bridgehead atoms. The zero-order chi connectivity index (χ0) is 25.3. The van der Waals surface area contributed by atoms with Crippen LogP contribution in [0.15, 0.2) is 134 Å². The van der Waals surface area contributed by atoms with Crippen LogP contribution in [0.1, 0.15) is 0 Å². The van der Waals surface area contributed by atoms with Crippen LogP contribution in [-0.4, -0.2) is 19.9 Å². The lowest BCUT2D eigenvalue weighted by Crippen LogP contribution is -2.01. The minimum absolute atomic E-state index is 0.646. The molecule has 4 nitrogen and oxygen atoms in total. The molecular weight excluding hydrogens is 464 g/mol. The highest BCUT2D eigenvalue weighted by Gasteiger charge is 2.15. The first-order valence-corrected chi connectivity index (χ1v) is 12.6. The van der Waals surface area contributed by atoms with Gasteiger partial charge in [0.05, 0.1) is 0 Å². The largest absolute Gasteiger partial charge is 0.265 e. The molecule has 0 N–H and O–H groups in total. The predicted octanol–water partition coefficient (Wildman–Crippen LogP) is 8.24. The second kappa shape index (κ2) is 9.34. The van der Waals surface area contributed by atoms with E-state index in [1.165, 1.54) is 0 Å². The number of aromatic nitrogens is 4. The summed E-state index contributed by atoms with van der Waals surface area (Å²) in [6, 6.07) is 41.6. The van der Waals surface area contributed by atoms with Crippen molar-refractivity contribution < 1.29 is 0 Å². The molecule has 7 aromatic rings. The fourth-order valence-electron chi connectivity index (χ4n) is 4.94. The van der Waals surface area contributed by atoms with Crippen LogP contribution < -0.4 is 0 Å². The lowest BCUT2D eigenvalue weighted by molar-refractivity contribution is 1.08. The van der Waals surface area contributed by atoms with Gasteiger partial charge in [0.25, 0.3) is 0 Å². The fraction of sp³-hybridized carbons (Fsp3) is 0. The third-order valence-electron chi connectivity index (χ3n) is 6.85. The standard InChI is InChI=1S/C34H22N4/c1-3-11-28-25(7-1)9-5-13-30(28)33-36-32(27-17-15-23(16-18-27)24-19-21-35-22-20-24)37-34(38-33)31-14-6-10-26-8-2-4-12-29(26)31/h1-22H. The maximum atomic E-state index is 5.04. The van der Waals surface area contributed by atoms with Crippen molar-refractivity contribution in [2.45, 2.75) is 0 Å². The van der Waals surface area contributed by atoms with Crippen LogP contribution in [0.4, 0.5) is 0 Å². The number of pyridine rings is 1. The van der Waals surface area contributed by atoms with Crippen LogP contribution >= 0.6 is 0 Å². The van der Waals surface area contributed by atoms with E-state index in [1.807, 2.05) is 24.5 Å². The monoisotopic (exact) mass is 486 g/mol. The van der Waals surface area contributed by atoms with Gasteiger partial charge < -0.3 is 0 Å². The molecule has 0 amide bonds. The molecule has 178 valence electrons. The normalized spacial score (nSPS) is 11.2. The Hall–Kier alpha value is -5.22. The minimum Gasteiger partial charge on any atom is -0.265 e. The zero-order valence-electron chi connectivity index (χ0n) is 20.5. The summed E-state index contributed by atoms with van der Waals surface area (Å²) in [5.41, 5.74) is 5.15. The summed E-state index contributed by atoms with van der Waals surface area (Å²) in [7, 11) is 0. The summed E-state index contributed by atoms with van der Waals surface area (Å²) in [5, 5.41) is 4.54. The van der Waals surface area contributed by atoms with Gasteiger partial charge in [-0.15, -0.1) is 0 Å². The van der Waals surface area contributed by atoms with E-state index in [9.17, 15) is 0 Å². The molecule has 0 aliphatic heterocycles. The molecule has 0 saturated carbocycles. The van der Waals surface area contributed by atoms with E-state index < -0.39 is 0 Å². The first-order chi connectivity index (χ1) is 18.8. The smallest absolute Gasteiger partial charge is 0.164 e. The molecule has 0 radical (unpaired) electrons. The maximum absolute atomic E-state index is 5.04. The fourth-order valence-corrected chi connectivity index (χ4v) is 4.94. The van der Waals surface area contributed by atoms with Gasteiger partial charge >= 0.3 is 0 Å². The third kappa shape index (κ3) is 3.98. The van der Waals surface area contributed by atoms with Crippen molar-refractivity contribution >= 4 is 21.5 Å². The van der Waals surface area contributed by atoms with Gasteiger partial charge in [-0.1, -0.05) is 109 Å². The maximum Gasteiger partial charge on any atom is 0.164 e. The van der Waals surface area contributed by atoms with Crippen molar-refractivity contribution in [2.24, 2.45) is 0 Å². The quantitative estimate of drug-likeness (QED) is 0.251. The summed E-state index contributed by atoms with van der Waals surface area (Å²) >= 11 is 0. The molecular formula is C34H22N4. The van der Waals surface area contributed by atoms with Crippen LogP contribution in [0, 0.1) is 0 Å². The van der Waals surface area contributed by atoms with Gasteiger partial charge in [0, 0.05) is 29.1 Å². The molecule has 0 aliphatic carbocycles. The average molecular weight is 487 g/mol. The van der Waals surface area contributed by atoms with E-state index in [0.717, 1.165) is 49.4 Å². The van der Waals surface area contributed by atoms with Crippen LogP contribution in [0.2, 0.25) is 0 Å². The van der Waals surface area contributed by atoms with Crippen molar-refractivity contribution in [3.63, 3.8) is 0 Å². The first kappa shape index (κ1) is 22.0. The molecule has 38 heavy (non-hydrogen) atoms. The summed E-state index contributed by atoms with van der Waals surface area (Å²) in [4.78, 5) is 19.2. The molecule has 2 heterocycles. The molecule has 2 aromatic heterocycles. The summed E-state index contributed by atoms with van der Waals surface area (Å²) < 4.78 is 0.